The van der Waals surface area contributed by atoms with Gasteiger partial charge in [0.1, 0.15) is 5.75 Å². The molecule has 30 heavy (non-hydrogen) atoms. The molecule has 3 amide bonds. The lowest BCUT2D eigenvalue weighted by atomic mass is 10.2. The first-order valence-electron chi connectivity index (χ1n) is 8.90. The molecule has 0 radical (unpaired) electrons. The topological polar surface area (TPSA) is 109 Å². The number of hydrogen-bond donors (Lipinski definition) is 3. The summed E-state index contributed by atoms with van der Waals surface area (Å²) in [7, 11) is 0. The van der Waals surface area contributed by atoms with Crippen molar-refractivity contribution >= 4 is 41.2 Å². The molecule has 2 rings (SSSR count). The van der Waals surface area contributed by atoms with Gasteiger partial charge in [0.25, 0.3) is 5.91 Å². The zero-order valence-electron chi connectivity index (χ0n) is 16.3. The number of nitrogens with zero attached hydrogens (tertiary/aromatic N) is 1. The largest absolute Gasteiger partial charge is 0.484 e. The zero-order chi connectivity index (χ0) is 21.9. The van der Waals surface area contributed by atoms with Gasteiger partial charge in [0.15, 0.2) is 6.61 Å². The molecule has 0 saturated heterocycles. The number of aryl methyl sites for hydroxylation is 1. The van der Waals surface area contributed by atoms with Crippen LogP contribution in [0.2, 0.25) is 5.02 Å². The van der Waals surface area contributed by atoms with Gasteiger partial charge >= 0.3 is 11.8 Å². The summed E-state index contributed by atoms with van der Waals surface area (Å²) in [6, 6.07) is 11.9. The third kappa shape index (κ3) is 7.40. The van der Waals surface area contributed by atoms with Gasteiger partial charge in [-0.25, -0.2) is 5.43 Å². The summed E-state index contributed by atoms with van der Waals surface area (Å²) >= 11 is 6.04. The highest BCUT2D eigenvalue weighted by atomic mass is 35.5. The van der Waals surface area contributed by atoms with Crippen LogP contribution in [-0.2, 0) is 14.4 Å². The van der Waals surface area contributed by atoms with E-state index in [1.54, 1.807) is 36.4 Å². The van der Waals surface area contributed by atoms with Crippen molar-refractivity contribution in [3.63, 3.8) is 0 Å². The summed E-state index contributed by atoms with van der Waals surface area (Å²) in [6.07, 6.45) is 2.80. The molecule has 0 unspecified atom stereocenters. The minimum atomic E-state index is -0.895. The summed E-state index contributed by atoms with van der Waals surface area (Å²) in [5, 5.41) is 9.31. The van der Waals surface area contributed by atoms with E-state index in [1.165, 1.54) is 12.3 Å². The Morgan fingerprint density at radius 1 is 1.17 bits per heavy atom. The fourth-order valence-corrected chi connectivity index (χ4v) is 2.34. The number of hydrazone groups is 1. The van der Waals surface area contributed by atoms with Crippen LogP contribution in [-0.4, -0.2) is 37.1 Å². The van der Waals surface area contributed by atoms with Gasteiger partial charge in [0, 0.05) is 17.3 Å². The van der Waals surface area contributed by atoms with E-state index in [1.807, 2.05) is 13.0 Å². The number of anilines is 1. The number of halogens is 1. The normalized spacial score (nSPS) is 10.3. The summed E-state index contributed by atoms with van der Waals surface area (Å²) < 4.78 is 5.48. The number of rotatable bonds is 8. The molecule has 2 aromatic carbocycles. The monoisotopic (exact) mass is 428 g/mol. The molecule has 0 aliphatic rings. The molecule has 0 aliphatic heterocycles. The number of carbonyl (C=O) groups excluding carboxylic acids is 3. The van der Waals surface area contributed by atoms with E-state index >= 15 is 0 Å². The van der Waals surface area contributed by atoms with E-state index in [4.69, 9.17) is 16.3 Å². The van der Waals surface area contributed by atoms with E-state index < -0.39 is 11.8 Å². The maximum atomic E-state index is 12.1. The molecule has 0 heterocycles. The van der Waals surface area contributed by atoms with Gasteiger partial charge in [-0.1, -0.05) is 35.9 Å². The fraction of sp³-hybridized carbons (Fsp3) is 0.143. The Labute approximate surface area is 178 Å². The quantitative estimate of drug-likeness (QED) is 0.259. The van der Waals surface area contributed by atoms with Crippen LogP contribution in [0.1, 0.15) is 11.1 Å². The van der Waals surface area contributed by atoms with E-state index in [9.17, 15) is 14.4 Å². The summed E-state index contributed by atoms with van der Waals surface area (Å²) in [5.74, 6) is -1.61. The Kier molecular flexibility index (Phi) is 8.58. The molecular weight excluding hydrogens is 408 g/mol. The smallest absolute Gasteiger partial charge is 0.329 e. The predicted octanol–water partition coefficient (Wildman–Crippen LogP) is 2.42. The van der Waals surface area contributed by atoms with Crippen LogP contribution in [0.3, 0.4) is 0 Å². The van der Waals surface area contributed by atoms with Gasteiger partial charge in [0.05, 0.1) is 6.21 Å². The van der Waals surface area contributed by atoms with Crippen molar-refractivity contribution in [2.75, 3.05) is 18.5 Å². The Hall–Kier alpha value is -3.65. The highest BCUT2D eigenvalue weighted by Gasteiger charge is 2.10. The van der Waals surface area contributed by atoms with Gasteiger partial charge in [-0.2, -0.15) is 5.10 Å². The van der Waals surface area contributed by atoms with E-state index in [0.717, 1.165) is 5.56 Å². The number of hydrogen-bond acceptors (Lipinski definition) is 5. The standard InChI is InChI=1S/C21H21ClN4O4/c1-3-9-23-20(28)21(29)26-24-12-15-5-4-6-17(10-15)30-13-19(27)25-16-8-7-14(2)18(22)11-16/h3-8,10-12H,1,9,13H2,2H3,(H,23,28)(H,25,27)(H,26,29)/b24-12-. The van der Waals surface area contributed by atoms with Crippen LogP contribution in [0, 0.1) is 6.92 Å². The van der Waals surface area contributed by atoms with Crippen molar-refractivity contribution in [2.24, 2.45) is 5.10 Å². The van der Waals surface area contributed by atoms with E-state index in [0.29, 0.717) is 22.0 Å². The maximum Gasteiger partial charge on any atom is 0.329 e. The van der Waals surface area contributed by atoms with Crippen LogP contribution >= 0.6 is 11.6 Å². The molecule has 0 spiro atoms. The second-order valence-electron chi connectivity index (χ2n) is 6.07. The molecular formula is C21H21ClN4O4. The predicted molar refractivity (Wildman–Crippen MR) is 116 cm³/mol. The third-order valence-electron chi connectivity index (χ3n) is 3.68. The van der Waals surface area contributed by atoms with Crippen molar-refractivity contribution in [1.29, 1.82) is 0 Å². The minimum Gasteiger partial charge on any atom is -0.484 e. The van der Waals surface area contributed by atoms with Crippen molar-refractivity contribution in [3.8, 4) is 5.75 Å². The van der Waals surface area contributed by atoms with Crippen LogP contribution in [0.25, 0.3) is 0 Å². The average molecular weight is 429 g/mol. The Bertz CT molecular complexity index is 975. The van der Waals surface area contributed by atoms with E-state index in [2.05, 4.69) is 27.7 Å². The van der Waals surface area contributed by atoms with E-state index in [-0.39, 0.29) is 19.1 Å². The van der Waals surface area contributed by atoms with Gasteiger partial charge in [0.2, 0.25) is 0 Å². The van der Waals surface area contributed by atoms with Gasteiger partial charge < -0.3 is 15.4 Å². The SMILES string of the molecule is C=CCNC(=O)C(=O)N/N=C\c1cccc(OCC(=O)Nc2ccc(C)c(Cl)c2)c1. The van der Waals surface area contributed by atoms with Crippen LogP contribution in [0.15, 0.2) is 60.2 Å². The molecule has 0 aliphatic carbocycles. The fourth-order valence-electron chi connectivity index (χ4n) is 2.16. The van der Waals surface area contributed by atoms with Gasteiger partial charge in [-0.05, 0) is 42.3 Å². The molecule has 8 nitrogen and oxygen atoms in total. The Balaban J connectivity index is 1.85. The summed E-state index contributed by atoms with van der Waals surface area (Å²) in [5.41, 5.74) is 4.21. The molecule has 3 N–H and O–H groups in total. The summed E-state index contributed by atoms with van der Waals surface area (Å²) in [6.45, 7) is 5.29. The number of carbonyl (C=O) groups is 3. The summed E-state index contributed by atoms with van der Waals surface area (Å²) in [4.78, 5) is 35.0. The number of amides is 3. The molecule has 2 aromatic rings. The highest BCUT2D eigenvalue weighted by molar-refractivity contribution is 6.35. The molecule has 0 atom stereocenters. The molecule has 9 heteroatoms. The molecule has 156 valence electrons. The third-order valence-corrected chi connectivity index (χ3v) is 4.08. The average Bonchev–Trinajstić information content (AvgIpc) is 2.73. The number of ether oxygens (including phenoxy) is 1. The van der Waals surface area contributed by atoms with Crippen molar-refractivity contribution in [2.45, 2.75) is 6.92 Å². The van der Waals surface area contributed by atoms with Gasteiger partial charge in [-0.15, -0.1) is 6.58 Å². The second kappa shape index (κ2) is 11.4. The van der Waals surface area contributed by atoms with Crippen molar-refractivity contribution < 1.29 is 19.1 Å². The lowest BCUT2D eigenvalue weighted by Gasteiger charge is -2.09. The van der Waals surface area contributed by atoms with Crippen molar-refractivity contribution in [1.82, 2.24) is 10.7 Å². The van der Waals surface area contributed by atoms with Crippen LogP contribution < -0.4 is 20.8 Å². The maximum absolute atomic E-state index is 12.1. The molecule has 0 fully saturated rings. The zero-order valence-corrected chi connectivity index (χ0v) is 17.0. The lowest BCUT2D eigenvalue weighted by molar-refractivity contribution is -0.139. The number of nitrogens with one attached hydrogen (secondary N) is 3. The minimum absolute atomic E-state index is 0.180. The van der Waals surface area contributed by atoms with Crippen LogP contribution in [0.4, 0.5) is 5.69 Å². The molecule has 0 aromatic heterocycles. The van der Waals surface area contributed by atoms with Gasteiger partial charge in [-0.3, -0.25) is 14.4 Å². The first-order valence-corrected chi connectivity index (χ1v) is 9.28. The first kappa shape index (κ1) is 22.6. The highest BCUT2D eigenvalue weighted by Crippen LogP contribution is 2.20. The molecule has 0 saturated carbocycles. The van der Waals surface area contributed by atoms with Crippen molar-refractivity contribution in [3.05, 3.63) is 71.3 Å². The Morgan fingerprint density at radius 3 is 2.70 bits per heavy atom. The molecule has 0 bridgehead atoms. The first-order chi connectivity index (χ1) is 14.4. The van der Waals surface area contributed by atoms with Crippen LogP contribution in [0.5, 0.6) is 5.75 Å². The number of benzene rings is 2. The lowest BCUT2D eigenvalue weighted by Crippen LogP contribution is -2.37. The second-order valence-corrected chi connectivity index (χ2v) is 6.48. The Morgan fingerprint density at radius 2 is 1.97 bits per heavy atom.